The first-order chi connectivity index (χ1) is 12.2. The number of esters is 2. The molecule has 28 heavy (non-hydrogen) atoms. The molecule has 6 nitrogen and oxygen atoms in total. The fourth-order valence-electron chi connectivity index (χ4n) is 2.20. The molecule has 8 heteroatoms. The molecular weight excluding hydrogens is 403 g/mol. The van der Waals surface area contributed by atoms with Crippen molar-refractivity contribution in [3.63, 3.8) is 0 Å². The van der Waals surface area contributed by atoms with E-state index >= 15 is 0 Å². The molecule has 0 amide bonds. The van der Waals surface area contributed by atoms with Gasteiger partial charge in [0, 0.05) is 0 Å². The van der Waals surface area contributed by atoms with Crippen LogP contribution in [0.15, 0.2) is 24.3 Å². The fourth-order valence-corrected chi connectivity index (χ4v) is 2.20. The molecule has 2 atom stereocenters. The van der Waals surface area contributed by atoms with Crippen molar-refractivity contribution in [3.05, 3.63) is 35.4 Å². The lowest BCUT2D eigenvalue weighted by Crippen LogP contribution is -2.35. The molecule has 1 aromatic rings. The van der Waals surface area contributed by atoms with Gasteiger partial charge < -0.3 is 20.9 Å². The second kappa shape index (κ2) is 14.6. The maximum Gasteiger partial charge on any atom is 0.323 e. The van der Waals surface area contributed by atoms with Crippen LogP contribution in [0.25, 0.3) is 0 Å². The van der Waals surface area contributed by atoms with Crippen molar-refractivity contribution in [3.8, 4) is 0 Å². The van der Waals surface area contributed by atoms with Gasteiger partial charge in [-0.1, -0.05) is 52.0 Å². The summed E-state index contributed by atoms with van der Waals surface area (Å²) in [6, 6.07) is 6.17. The van der Waals surface area contributed by atoms with Crippen molar-refractivity contribution in [1.82, 2.24) is 0 Å². The van der Waals surface area contributed by atoms with Crippen LogP contribution in [0.1, 0.15) is 38.8 Å². The highest BCUT2D eigenvalue weighted by Crippen LogP contribution is 2.10. The van der Waals surface area contributed by atoms with Crippen molar-refractivity contribution in [2.45, 2.75) is 52.6 Å². The maximum atomic E-state index is 11.8. The third-order valence-electron chi connectivity index (χ3n) is 3.66. The van der Waals surface area contributed by atoms with Gasteiger partial charge in [0.25, 0.3) is 0 Å². The lowest BCUT2D eigenvalue weighted by atomic mass is 10.0. The van der Waals surface area contributed by atoms with E-state index < -0.39 is 24.0 Å². The van der Waals surface area contributed by atoms with Gasteiger partial charge in [-0.25, -0.2) is 0 Å². The third-order valence-corrected chi connectivity index (χ3v) is 3.66. The van der Waals surface area contributed by atoms with Gasteiger partial charge in [-0.05, 0) is 35.8 Å². The Balaban J connectivity index is 0. The van der Waals surface area contributed by atoms with Gasteiger partial charge in [0.15, 0.2) is 0 Å². The second-order valence-corrected chi connectivity index (χ2v) is 7.49. The van der Waals surface area contributed by atoms with E-state index in [2.05, 4.69) is 0 Å². The van der Waals surface area contributed by atoms with Crippen molar-refractivity contribution in [2.24, 2.45) is 23.3 Å². The molecule has 0 aliphatic carbocycles. The molecule has 0 bridgehead atoms. The monoisotopic (exact) mass is 436 g/mol. The van der Waals surface area contributed by atoms with E-state index in [-0.39, 0.29) is 36.6 Å². The van der Waals surface area contributed by atoms with E-state index in [1.54, 1.807) is 0 Å². The average molecular weight is 437 g/mol. The smallest absolute Gasteiger partial charge is 0.323 e. The zero-order chi connectivity index (χ0) is 19.7. The molecule has 0 aliphatic rings. The van der Waals surface area contributed by atoms with E-state index in [4.69, 9.17) is 20.9 Å². The number of benzene rings is 1. The summed E-state index contributed by atoms with van der Waals surface area (Å²) in [5.41, 5.74) is 13.7. The van der Waals surface area contributed by atoms with Gasteiger partial charge in [-0.3, -0.25) is 9.59 Å². The molecule has 0 fully saturated rings. The molecule has 2 unspecified atom stereocenters. The molecule has 0 saturated carbocycles. The summed E-state index contributed by atoms with van der Waals surface area (Å²) >= 11 is 0. The van der Waals surface area contributed by atoms with Gasteiger partial charge >= 0.3 is 11.9 Å². The first kappa shape index (κ1) is 28.9. The lowest BCUT2D eigenvalue weighted by molar-refractivity contribution is -0.147. The Bertz CT molecular complexity index is 529. The summed E-state index contributed by atoms with van der Waals surface area (Å²) in [6.07, 6.45) is 0.805. The van der Waals surface area contributed by atoms with Crippen molar-refractivity contribution in [1.29, 1.82) is 0 Å². The Labute approximate surface area is 180 Å². The molecule has 4 N–H and O–H groups in total. The Morgan fingerprint density at radius 1 is 0.750 bits per heavy atom. The Morgan fingerprint density at radius 3 is 1.29 bits per heavy atom. The van der Waals surface area contributed by atoms with Gasteiger partial charge in [0.1, 0.15) is 12.1 Å². The second-order valence-electron chi connectivity index (χ2n) is 7.49. The van der Waals surface area contributed by atoms with Crippen LogP contribution in [0.2, 0.25) is 0 Å². The van der Waals surface area contributed by atoms with Crippen LogP contribution in [0.4, 0.5) is 0 Å². The van der Waals surface area contributed by atoms with Crippen LogP contribution in [-0.2, 0) is 31.9 Å². The van der Waals surface area contributed by atoms with E-state index in [1.165, 1.54) is 0 Å². The quantitative estimate of drug-likeness (QED) is 0.546. The first-order valence-electron chi connectivity index (χ1n) is 9.11. The fraction of sp³-hybridized carbons (Fsp3) is 0.600. The van der Waals surface area contributed by atoms with Gasteiger partial charge in [-0.2, -0.15) is 0 Å². The highest BCUT2D eigenvalue weighted by Gasteiger charge is 2.18. The largest absolute Gasteiger partial charge is 0.464 e. The minimum absolute atomic E-state index is 0. The van der Waals surface area contributed by atoms with Crippen LogP contribution in [0, 0.1) is 11.8 Å². The number of nitrogens with two attached hydrogens (primary N) is 2. The van der Waals surface area contributed by atoms with Gasteiger partial charge in [0.2, 0.25) is 0 Å². The van der Waals surface area contributed by atoms with Crippen LogP contribution >= 0.6 is 24.8 Å². The van der Waals surface area contributed by atoms with E-state index in [0.717, 1.165) is 11.1 Å². The lowest BCUT2D eigenvalue weighted by Gasteiger charge is -2.14. The van der Waals surface area contributed by atoms with Crippen LogP contribution in [0.3, 0.4) is 0 Å². The van der Waals surface area contributed by atoms with E-state index in [9.17, 15) is 9.59 Å². The number of carbonyl (C=O) groups excluding carboxylic acids is 2. The molecular formula is C20H34Cl2N2O4. The molecule has 0 saturated heterocycles. The van der Waals surface area contributed by atoms with Crippen molar-refractivity contribution < 1.29 is 19.1 Å². The molecule has 1 rings (SSSR count). The van der Waals surface area contributed by atoms with Crippen molar-refractivity contribution in [2.75, 3.05) is 13.2 Å². The summed E-state index contributed by atoms with van der Waals surface area (Å²) in [6.45, 7) is 8.63. The minimum atomic E-state index is -0.687. The summed E-state index contributed by atoms with van der Waals surface area (Å²) in [5.74, 6) is -0.223. The van der Waals surface area contributed by atoms with E-state index in [1.807, 2.05) is 52.0 Å². The van der Waals surface area contributed by atoms with Gasteiger partial charge in [-0.15, -0.1) is 24.8 Å². The third kappa shape index (κ3) is 11.5. The first-order valence-corrected chi connectivity index (χ1v) is 9.11. The maximum absolute atomic E-state index is 11.8. The summed E-state index contributed by atoms with van der Waals surface area (Å²) in [4.78, 5) is 23.7. The van der Waals surface area contributed by atoms with Crippen LogP contribution in [0.5, 0.6) is 0 Å². The Hall–Kier alpha value is -1.34. The zero-order valence-electron chi connectivity index (χ0n) is 17.1. The summed E-state index contributed by atoms with van der Waals surface area (Å²) in [7, 11) is 0. The van der Waals surface area contributed by atoms with Crippen LogP contribution < -0.4 is 11.5 Å². The van der Waals surface area contributed by atoms with Crippen molar-refractivity contribution >= 4 is 36.8 Å². The number of carbonyl (C=O) groups is 2. The molecule has 0 aliphatic heterocycles. The highest BCUT2D eigenvalue weighted by atomic mass is 35.5. The molecule has 0 radical (unpaired) electrons. The van der Waals surface area contributed by atoms with Gasteiger partial charge in [0.05, 0.1) is 13.2 Å². The Kier molecular flexibility index (Phi) is 15.1. The summed E-state index contributed by atoms with van der Waals surface area (Å²) in [5, 5.41) is 0. The molecule has 0 heterocycles. The SMILES string of the molecule is CC(C)COC(=O)C(N)Cc1ccc(CC(N)C(=O)OCC(C)C)cc1.Cl.Cl. The predicted molar refractivity (Wildman–Crippen MR) is 116 cm³/mol. The highest BCUT2D eigenvalue weighted by molar-refractivity contribution is 5.85. The van der Waals surface area contributed by atoms with Crippen LogP contribution in [-0.4, -0.2) is 37.2 Å². The normalized spacial score (nSPS) is 12.6. The molecule has 162 valence electrons. The Morgan fingerprint density at radius 2 is 1.04 bits per heavy atom. The number of hydrogen-bond donors (Lipinski definition) is 2. The number of hydrogen-bond acceptors (Lipinski definition) is 6. The predicted octanol–water partition coefficient (Wildman–Crippen LogP) is 2.67. The standard InChI is InChI=1S/C20H32N2O4.2ClH/c1-13(2)11-25-19(23)17(21)9-15-5-7-16(8-6-15)10-18(22)20(24)26-12-14(3)4;;/h5-8,13-14,17-18H,9-12,21-22H2,1-4H3;2*1H. The number of rotatable bonds is 10. The molecule has 0 spiro atoms. The molecule has 0 aromatic heterocycles. The zero-order valence-corrected chi connectivity index (χ0v) is 18.7. The van der Waals surface area contributed by atoms with E-state index in [0.29, 0.717) is 26.1 Å². The number of halogens is 2. The topological polar surface area (TPSA) is 105 Å². The average Bonchev–Trinajstić information content (AvgIpc) is 2.58. The summed E-state index contributed by atoms with van der Waals surface area (Å²) < 4.78 is 10.3. The minimum Gasteiger partial charge on any atom is -0.464 e. The molecule has 1 aromatic carbocycles. The number of ether oxygens (including phenoxy) is 2.